The molecule has 2 unspecified atom stereocenters. The van der Waals surface area contributed by atoms with Gasteiger partial charge in [0.1, 0.15) is 0 Å². The smallest absolute Gasteiger partial charge is 0.276 e. The van der Waals surface area contributed by atoms with Crippen LogP contribution in [0.2, 0.25) is 0 Å². The Morgan fingerprint density at radius 3 is 2.63 bits per heavy atom. The predicted molar refractivity (Wildman–Crippen MR) is 103 cm³/mol. The Labute approximate surface area is 161 Å². The van der Waals surface area contributed by atoms with Crippen LogP contribution in [0.15, 0.2) is 17.5 Å². The van der Waals surface area contributed by atoms with E-state index in [4.69, 9.17) is 0 Å². The van der Waals surface area contributed by atoms with Crippen molar-refractivity contribution in [3.8, 4) is 0 Å². The summed E-state index contributed by atoms with van der Waals surface area (Å²) in [5.41, 5.74) is 1.27. The molecule has 144 valence electrons. The van der Waals surface area contributed by atoms with E-state index in [9.17, 15) is 14.4 Å². The molecular formula is C18H23N5O3S. The molecule has 27 heavy (non-hydrogen) atoms. The number of amides is 3. The topological polar surface area (TPSA) is 87.5 Å². The summed E-state index contributed by atoms with van der Waals surface area (Å²) >= 11 is 1.52. The minimum Gasteiger partial charge on any atom is -0.343 e. The van der Waals surface area contributed by atoms with E-state index in [2.05, 4.69) is 10.4 Å². The molecule has 3 amide bonds. The highest BCUT2D eigenvalue weighted by atomic mass is 32.1. The highest BCUT2D eigenvalue weighted by molar-refractivity contribution is 7.10. The second-order valence-corrected chi connectivity index (χ2v) is 7.88. The number of hydrogen-bond acceptors (Lipinski definition) is 5. The summed E-state index contributed by atoms with van der Waals surface area (Å²) in [6.07, 6.45) is 0.140. The lowest BCUT2D eigenvalue weighted by Gasteiger charge is -2.23. The van der Waals surface area contributed by atoms with Gasteiger partial charge in [-0.25, -0.2) is 0 Å². The molecule has 1 fully saturated rings. The van der Waals surface area contributed by atoms with Crippen LogP contribution in [-0.4, -0.2) is 58.4 Å². The molecule has 8 nitrogen and oxygen atoms in total. The van der Waals surface area contributed by atoms with Crippen LogP contribution in [0, 0.1) is 12.8 Å². The third-order valence-corrected chi connectivity index (χ3v) is 5.89. The van der Waals surface area contributed by atoms with Crippen LogP contribution in [0.4, 0.5) is 5.69 Å². The molecule has 1 aliphatic heterocycles. The summed E-state index contributed by atoms with van der Waals surface area (Å²) in [5, 5.41) is 9.04. The van der Waals surface area contributed by atoms with Gasteiger partial charge in [0.25, 0.3) is 5.91 Å². The van der Waals surface area contributed by atoms with Gasteiger partial charge in [0.2, 0.25) is 11.8 Å². The average molecular weight is 389 g/mol. The lowest BCUT2D eigenvalue weighted by atomic mass is 9.97. The summed E-state index contributed by atoms with van der Waals surface area (Å²) < 4.78 is 1.56. The van der Waals surface area contributed by atoms with Crippen LogP contribution in [0.1, 0.15) is 33.5 Å². The molecule has 0 spiro atoms. The summed E-state index contributed by atoms with van der Waals surface area (Å²) in [6.45, 7) is 1.79. The maximum absolute atomic E-state index is 13.1. The number of likely N-dealkylation sites (tertiary alicyclic amines) is 1. The van der Waals surface area contributed by atoms with E-state index >= 15 is 0 Å². The number of rotatable bonds is 4. The Balaban J connectivity index is 1.91. The molecule has 3 heterocycles. The van der Waals surface area contributed by atoms with Gasteiger partial charge in [0, 0.05) is 39.5 Å². The third-order valence-electron chi connectivity index (χ3n) is 4.95. The lowest BCUT2D eigenvalue weighted by Crippen LogP contribution is -2.30. The number of aromatic nitrogens is 2. The van der Waals surface area contributed by atoms with Crippen molar-refractivity contribution in [2.45, 2.75) is 19.4 Å². The molecule has 0 aromatic carbocycles. The van der Waals surface area contributed by atoms with Gasteiger partial charge in [-0.2, -0.15) is 5.10 Å². The van der Waals surface area contributed by atoms with E-state index in [1.54, 1.807) is 44.7 Å². The monoisotopic (exact) mass is 389 g/mol. The second kappa shape index (κ2) is 7.15. The lowest BCUT2D eigenvalue weighted by molar-refractivity contribution is -0.127. The minimum absolute atomic E-state index is 0.0685. The van der Waals surface area contributed by atoms with Gasteiger partial charge in [0.15, 0.2) is 5.69 Å². The number of nitrogens with one attached hydrogen (secondary N) is 1. The minimum atomic E-state index is -0.525. The molecule has 1 saturated heterocycles. The van der Waals surface area contributed by atoms with E-state index in [-0.39, 0.29) is 35.9 Å². The predicted octanol–water partition coefficient (Wildman–Crippen LogP) is 1.65. The van der Waals surface area contributed by atoms with Crippen molar-refractivity contribution in [3.05, 3.63) is 33.8 Å². The van der Waals surface area contributed by atoms with Crippen molar-refractivity contribution in [3.63, 3.8) is 0 Å². The Morgan fingerprint density at radius 1 is 1.33 bits per heavy atom. The Bertz CT molecular complexity index is 887. The van der Waals surface area contributed by atoms with Crippen LogP contribution >= 0.6 is 11.3 Å². The van der Waals surface area contributed by atoms with Crippen LogP contribution in [-0.2, 0) is 16.6 Å². The number of carbonyl (C=O) groups is 3. The van der Waals surface area contributed by atoms with Gasteiger partial charge in [-0.05, 0) is 18.4 Å². The molecule has 0 radical (unpaired) electrons. The van der Waals surface area contributed by atoms with E-state index in [1.807, 2.05) is 17.5 Å². The van der Waals surface area contributed by atoms with Gasteiger partial charge in [-0.3, -0.25) is 19.1 Å². The zero-order valence-corrected chi connectivity index (χ0v) is 16.8. The van der Waals surface area contributed by atoms with Gasteiger partial charge in [-0.1, -0.05) is 6.07 Å². The van der Waals surface area contributed by atoms with E-state index < -0.39 is 5.92 Å². The van der Waals surface area contributed by atoms with E-state index in [1.165, 1.54) is 16.2 Å². The third kappa shape index (κ3) is 3.34. The van der Waals surface area contributed by atoms with Crippen molar-refractivity contribution < 1.29 is 14.4 Å². The van der Waals surface area contributed by atoms with Crippen LogP contribution in [0.3, 0.4) is 0 Å². The first kappa shape index (κ1) is 19.1. The highest BCUT2D eigenvalue weighted by Gasteiger charge is 2.43. The van der Waals surface area contributed by atoms with Crippen molar-refractivity contribution in [1.82, 2.24) is 19.6 Å². The summed E-state index contributed by atoms with van der Waals surface area (Å²) in [5.74, 6) is -1.16. The summed E-state index contributed by atoms with van der Waals surface area (Å²) in [6, 6.07) is 3.54. The van der Waals surface area contributed by atoms with Crippen LogP contribution < -0.4 is 5.32 Å². The fourth-order valence-electron chi connectivity index (χ4n) is 3.29. The van der Waals surface area contributed by atoms with E-state index in [0.29, 0.717) is 11.4 Å². The maximum Gasteiger partial charge on any atom is 0.276 e. The molecule has 2 aromatic rings. The first-order valence-corrected chi connectivity index (χ1v) is 9.45. The molecule has 0 aliphatic carbocycles. The fraction of sp³-hybridized carbons (Fsp3) is 0.444. The number of hydrogen-bond donors (Lipinski definition) is 1. The molecule has 2 atom stereocenters. The van der Waals surface area contributed by atoms with Crippen molar-refractivity contribution in [2.24, 2.45) is 13.0 Å². The molecule has 9 heteroatoms. The summed E-state index contributed by atoms with van der Waals surface area (Å²) in [7, 11) is 6.71. The molecule has 1 aliphatic rings. The standard InChI is InChI=1S/C18H23N5O3S/c1-10-14(15(20-23(10)5)18(26)21(2)3)19-17(25)11-9-13(24)22(4)16(11)12-7-6-8-27-12/h6-8,11,16H,9H2,1-5H3,(H,19,25). The largest absolute Gasteiger partial charge is 0.343 e. The summed E-state index contributed by atoms with van der Waals surface area (Å²) in [4.78, 5) is 41.8. The fourth-order valence-corrected chi connectivity index (χ4v) is 4.22. The average Bonchev–Trinajstić information content (AvgIpc) is 3.30. The van der Waals surface area contributed by atoms with Gasteiger partial charge >= 0.3 is 0 Å². The number of carbonyl (C=O) groups excluding carboxylic acids is 3. The molecule has 2 aromatic heterocycles. The zero-order valence-electron chi connectivity index (χ0n) is 16.0. The Hall–Kier alpha value is -2.68. The van der Waals surface area contributed by atoms with E-state index in [0.717, 1.165) is 4.88 Å². The normalized spacial score (nSPS) is 19.4. The maximum atomic E-state index is 13.1. The quantitative estimate of drug-likeness (QED) is 0.861. The molecule has 0 bridgehead atoms. The van der Waals surface area contributed by atoms with Crippen LogP contribution in [0.5, 0.6) is 0 Å². The van der Waals surface area contributed by atoms with Crippen LogP contribution in [0.25, 0.3) is 0 Å². The second-order valence-electron chi connectivity index (χ2n) is 6.90. The first-order chi connectivity index (χ1) is 12.7. The van der Waals surface area contributed by atoms with Crippen molar-refractivity contribution >= 4 is 34.7 Å². The first-order valence-electron chi connectivity index (χ1n) is 8.57. The van der Waals surface area contributed by atoms with Gasteiger partial charge < -0.3 is 15.1 Å². The van der Waals surface area contributed by atoms with Gasteiger partial charge in [-0.15, -0.1) is 11.3 Å². The number of nitrogens with zero attached hydrogens (tertiary/aromatic N) is 4. The molecule has 3 rings (SSSR count). The number of aryl methyl sites for hydroxylation is 1. The van der Waals surface area contributed by atoms with Crippen molar-refractivity contribution in [1.29, 1.82) is 0 Å². The van der Waals surface area contributed by atoms with Gasteiger partial charge in [0.05, 0.1) is 23.3 Å². The molecular weight excluding hydrogens is 366 g/mol. The molecule has 0 saturated carbocycles. The van der Waals surface area contributed by atoms with Crippen molar-refractivity contribution in [2.75, 3.05) is 26.5 Å². The number of anilines is 1. The SMILES string of the molecule is Cc1c(NC(=O)C2CC(=O)N(C)C2c2cccs2)c(C(=O)N(C)C)nn1C. The Kier molecular flexibility index (Phi) is 5.05. The number of thiophene rings is 1. The zero-order chi connectivity index (χ0) is 19.9. The Morgan fingerprint density at radius 2 is 2.04 bits per heavy atom. The molecule has 1 N–H and O–H groups in total. The highest BCUT2D eigenvalue weighted by Crippen LogP contribution is 2.39.